The van der Waals surface area contributed by atoms with Crippen LogP contribution < -0.4 is 15.4 Å². The highest BCUT2D eigenvalue weighted by Crippen LogP contribution is 2.27. The van der Waals surface area contributed by atoms with Crippen molar-refractivity contribution in [3.63, 3.8) is 0 Å². The molecule has 0 aliphatic heterocycles. The summed E-state index contributed by atoms with van der Waals surface area (Å²) in [6.45, 7) is 2.35. The van der Waals surface area contributed by atoms with E-state index >= 15 is 0 Å². The van der Waals surface area contributed by atoms with Gasteiger partial charge in [0.1, 0.15) is 11.4 Å². The number of carbonyl (C=O) groups excluding carboxylic acids is 1. The fourth-order valence-corrected chi connectivity index (χ4v) is 2.45. The minimum absolute atomic E-state index is 0.0389. The van der Waals surface area contributed by atoms with Crippen LogP contribution in [0.15, 0.2) is 54.7 Å². The summed E-state index contributed by atoms with van der Waals surface area (Å²) >= 11 is 0. The normalized spacial score (nSPS) is 10.4. The van der Waals surface area contributed by atoms with Crippen LogP contribution in [0.4, 0.5) is 30.2 Å². The molecule has 0 aliphatic carbocycles. The Kier molecular flexibility index (Phi) is 5.78. The van der Waals surface area contributed by atoms with Crippen LogP contribution in [0.2, 0.25) is 0 Å². The Morgan fingerprint density at radius 3 is 2.61 bits per heavy atom. The Morgan fingerprint density at radius 2 is 1.82 bits per heavy atom. The van der Waals surface area contributed by atoms with Gasteiger partial charge in [-0.2, -0.15) is 0 Å². The van der Waals surface area contributed by atoms with Gasteiger partial charge in [0.2, 0.25) is 0 Å². The van der Waals surface area contributed by atoms with Crippen LogP contribution in [-0.4, -0.2) is 17.5 Å². The number of pyridine rings is 1. The highest BCUT2D eigenvalue weighted by molar-refractivity contribution is 6.03. The number of hydrogen-bond acceptors (Lipinski definition) is 4. The van der Waals surface area contributed by atoms with Crippen molar-refractivity contribution in [2.24, 2.45) is 0 Å². The summed E-state index contributed by atoms with van der Waals surface area (Å²) in [6.07, 6.45) is 1.39. The SMILES string of the molecule is CCOc1ccccc1Nc1ccnc(C(=O)Nc2ccc(F)c(F)c2F)c1. The zero-order valence-corrected chi connectivity index (χ0v) is 14.8. The smallest absolute Gasteiger partial charge is 0.274 e. The predicted octanol–water partition coefficient (Wildman–Crippen LogP) is 4.89. The third kappa shape index (κ3) is 4.22. The van der Waals surface area contributed by atoms with Crippen molar-refractivity contribution in [2.75, 3.05) is 17.2 Å². The van der Waals surface area contributed by atoms with Gasteiger partial charge >= 0.3 is 0 Å². The number of nitrogens with zero attached hydrogens (tertiary/aromatic N) is 1. The maximum atomic E-state index is 13.7. The van der Waals surface area contributed by atoms with Gasteiger partial charge in [0.05, 0.1) is 18.0 Å². The molecule has 0 fully saturated rings. The van der Waals surface area contributed by atoms with Gasteiger partial charge in [-0.1, -0.05) is 12.1 Å². The number of aromatic nitrogens is 1. The molecule has 1 heterocycles. The monoisotopic (exact) mass is 387 g/mol. The highest BCUT2D eigenvalue weighted by Gasteiger charge is 2.17. The van der Waals surface area contributed by atoms with Gasteiger partial charge in [0, 0.05) is 11.9 Å². The summed E-state index contributed by atoms with van der Waals surface area (Å²) in [5.74, 6) is -4.61. The molecule has 0 bridgehead atoms. The molecule has 0 saturated carbocycles. The van der Waals surface area contributed by atoms with Crippen LogP contribution in [0, 0.1) is 17.5 Å². The molecule has 0 aliphatic rings. The van der Waals surface area contributed by atoms with Crippen molar-refractivity contribution in [2.45, 2.75) is 6.92 Å². The maximum Gasteiger partial charge on any atom is 0.274 e. The van der Waals surface area contributed by atoms with E-state index in [1.807, 2.05) is 25.1 Å². The van der Waals surface area contributed by atoms with Crippen LogP contribution in [-0.2, 0) is 0 Å². The molecule has 5 nitrogen and oxygen atoms in total. The molecule has 3 aromatic rings. The Labute approximate surface area is 159 Å². The summed E-state index contributed by atoms with van der Waals surface area (Å²) < 4.78 is 45.6. The van der Waals surface area contributed by atoms with Gasteiger partial charge in [-0.15, -0.1) is 0 Å². The van der Waals surface area contributed by atoms with Crippen molar-refractivity contribution in [3.05, 3.63) is 77.9 Å². The number of hydrogen-bond donors (Lipinski definition) is 2. The number of nitrogens with one attached hydrogen (secondary N) is 2. The molecule has 2 aromatic carbocycles. The van der Waals surface area contributed by atoms with Crippen LogP contribution in [0.1, 0.15) is 17.4 Å². The van der Waals surface area contributed by atoms with Crippen LogP contribution >= 0.6 is 0 Å². The van der Waals surface area contributed by atoms with Crippen molar-refractivity contribution < 1.29 is 22.7 Å². The second-order valence-corrected chi connectivity index (χ2v) is 5.66. The minimum Gasteiger partial charge on any atom is -0.492 e. The first-order valence-electron chi connectivity index (χ1n) is 8.39. The Bertz CT molecular complexity index is 1010. The molecule has 144 valence electrons. The Balaban J connectivity index is 1.80. The van der Waals surface area contributed by atoms with Crippen molar-refractivity contribution in [1.29, 1.82) is 0 Å². The molecular weight excluding hydrogens is 371 g/mol. The molecule has 1 aromatic heterocycles. The lowest BCUT2D eigenvalue weighted by molar-refractivity contribution is 0.102. The molecule has 0 unspecified atom stereocenters. The van der Waals surface area contributed by atoms with E-state index in [0.29, 0.717) is 23.7 Å². The summed E-state index contributed by atoms with van der Waals surface area (Å²) in [6, 6.07) is 12.0. The van der Waals surface area contributed by atoms with Crippen LogP contribution in [0.3, 0.4) is 0 Å². The number of halogens is 3. The molecule has 2 N–H and O–H groups in total. The number of anilines is 3. The zero-order valence-electron chi connectivity index (χ0n) is 14.8. The maximum absolute atomic E-state index is 13.7. The first-order chi connectivity index (χ1) is 13.5. The number of ether oxygens (including phenoxy) is 1. The number of benzene rings is 2. The lowest BCUT2D eigenvalue weighted by Crippen LogP contribution is -2.15. The molecular formula is C20H16F3N3O2. The standard InChI is InChI=1S/C20H16F3N3O2/c1-2-28-17-6-4-3-5-14(17)25-12-9-10-24-16(11-12)20(27)26-15-8-7-13(21)18(22)19(15)23/h3-11H,2H2,1H3,(H,24,25)(H,26,27). The van der Waals surface area contributed by atoms with Crippen molar-refractivity contribution in [1.82, 2.24) is 4.98 Å². The number of para-hydroxylation sites is 2. The van der Waals surface area contributed by atoms with Crippen molar-refractivity contribution in [3.8, 4) is 5.75 Å². The number of amides is 1. The number of carbonyl (C=O) groups is 1. The number of rotatable bonds is 6. The topological polar surface area (TPSA) is 63.2 Å². The predicted molar refractivity (Wildman–Crippen MR) is 99.4 cm³/mol. The van der Waals surface area contributed by atoms with E-state index < -0.39 is 29.0 Å². The molecule has 3 rings (SSSR count). The molecule has 8 heteroatoms. The molecule has 0 spiro atoms. The van der Waals surface area contributed by atoms with Crippen LogP contribution in [0.25, 0.3) is 0 Å². The summed E-state index contributed by atoms with van der Waals surface area (Å²) in [7, 11) is 0. The van der Waals surface area contributed by atoms with E-state index in [1.165, 1.54) is 12.3 Å². The van der Waals surface area contributed by atoms with Crippen molar-refractivity contribution >= 4 is 23.0 Å². The van der Waals surface area contributed by atoms with Gasteiger partial charge in [-0.25, -0.2) is 13.2 Å². The summed E-state index contributed by atoms with van der Waals surface area (Å²) in [5.41, 5.74) is 0.709. The summed E-state index contributed by atoms with van der Waals surface area (Å²) in [4.78, 5) is 16.3. The average molecular weight is 387 g/mol. The van der Waals surface area contributed by atoms with Crippen LogP contribution in [0.5, 0.6) is 5.75 Å². The third-order valence-electron chi connectivity index (χ3n) is 3.74. The Morgan fingerprint density at radius 1 is 1.04 bits per heavy atom. The van der Waals surface area contributed by atoms with E-state index in [9.17, 15) is 18.0 Å². The average Bonchev–Trinajstić information content (AvgIpc) is 2.70. The fraction of sp³-hybridized carbons (Fsp3) is 0.100. The third-order valence-corrected chi connectivity index (χ3v) is 3.74. The van der Waals surface area contributed by atoms with Gasteiger partial charge < -0.3 is 15.4 Å². The molecule has 0 atom stereocenters. The quantitative estimate of drug-likeness (QED) is 0.591. The second-order valence-electron chi connectivity index (χ2n) is 5.66. The first kappa shape index (κ1) is 19.2. The lowest BCUT2D eigenvalue weighted by atomic mass is 10.2. The summed E-state index contributed by atoms with van der Waals surface area (Å²) in [5, 5.41) is 5.30. The second kappa shape index (κ2) is 8.43. The van der Waals surface area contributed by atoms with Gasteiger partial charge in [-0.05, 0) is 43.3 Å². The van der Waals surface area contributed by atoms with Gasteiger partial charge in [-0.3, -0.25) is 9.78 Å². The first-order valence-corrected chi connectivity index (χ1v) is 8.39. The fourth-order valence-electron chi connectivity index (χ4n) is 2.45. The Hall–Kier alpha value is -3.55. The lowest BCUT2D eigenvalue weighted by Gasteiger charge is -2.13. The van der Waals surface area contributed by atoms with E-state index in [-0.39, 0.29) is 5.69 Å². The largest absolute Gasteiger partial charge is 0.492 e. The van der Waals surface area contributed by atoms with E-state index in [4.69, 9.17) is 4.74 Å². The molecule has 1 amide bonds. The van der Waals surface area contributed by atoms with E-state index in [0.717, 1.165) is 12.1 Å². The van der Waals surface area contributed by atoms with Gasteiger partial charge in [0.25, 0.3) is 5.91 Å². The van der Waals surface area contributed by atoms with Gasteiger partial charge in [0.15, 0.2) is 17.5 Å². The van der Waals surface area contributed by atoms with E-state index in [1.54, 1.807) is 12.1 Å². The minimum atomic E-state index is -1.66. The zero-order chi connectivity index (χ0) is 20.1. The molecule has 0 saturated heterocycles. The molecule has 28 heavy (non-hydrogen) atoms. The molecule has 0 radical (unpaired) electrons. The van der Waals surface area contributed by atoms with E-state index in [2.05, 4.69) is 15.6 Å². The highest BCUT2D eigenvalue weighted by atomic mass is 19.2.